The van der Waals surface area contributed by atoms with E-state index in [-0.39, 0.29) is 0 Å². The fraction of sp³-hybridized carbons (Fsp3) is 0.529. The Morgan fingerprint density at radius 3 is 2.67 bits per heavy atom. The molecule has 21 heavy (non-hydrogen) atoms. The van der Waals surface area contributed by atoms with Gasteiger partial charge in [0.25, 0.3) is 0 Å². The van der Waals surface area contributed by atoms with Crippen LogP contribution in [0.25, 0.3) is 10.9 Å². The summed E-state index contributed by atoms with van der Waals surface area (Å²) in [4.78, 5) is 2.47. The van der Waals surface area contributed by atoms with E-state index in [1.54, 1.807) is 0 Å². The number of rotatable bonds is 4. The molecule has 0 radical (unpaired) electrons. The van der Waals surface area contributed by atoms with Crippen molar-refractivity contribution in [3.8, 4) is 0 Å². The van der Waals surface area contributed by atoms with E-state index >= 15 is 0 Å². The van der Waals surface area contributed by atoms with Crippen molar-refractivity contribution in [2.45, 2.75) is 33.0 Å². The highest BCUT2D eigenvalue weighted by molar-refractivity contribution is 5.85. The van der Waals surface area contributed by atoms with Crippen LogP contribution in [0.3, 0.4) is 0 Å². The first-order valence-corrected chi connectivity index (χ1v) is 7.82. The Morgan fingerprint density at radius 2 is 2.00 bits per heavy atom. The Morgan fingerprint density at radius 1 is 1.24 bits per heavy atom. The molecule has 0 spiro atoms. The molecular formula is C17H25N3O. The normalized spacial score (nSPS) is 17.0. The number of fused-ring (bicyclic) bond motifs is 1. The molecule has 0 bridgehead atoms. The molecule has 1 aliphatic heterocycles. The number of ether oxygens (including phenoxy) is 1. The molecule has 4 nitrogen and oxygen atoms in total. The van der Waals surface area contributed by atoms with Crippen LogP contribution in [0.2, 0.25) is 0 Å². The first-order chi connectivity index (χ1) is 10.2. The molecule has 0 unspecified atom stereocenters. The lowest BCUT2D eigenvalue weighted by molar-refractivity contribution is 0.0331. The van der Waals surface area contributed by atoms with Gasteiger partial charge in [-0.2, -0.15) is 0 Å². The van der Waals surface area contributed by atoms with Gasteiger partial charge in [0.2, 0.25) is 0 Å². The minimum absolute atomic E-state index is 0.451. The second-order valence-corrected chi connectivity index (χ2v) is 6.04. The van der Waals surface area contributed by atoms with E-state index in [2.05, 4.69) is 47.6 Å². The third-order valence-electron chi connectivity index (χ3n) is 4.28. The van der Waals surface area contributed by atoms with Crippen LogP contribution in [0, 0.1) is 0 Å². The summed E-state index contributed by atoms with van der Waals surface area (Å²) in [5, 5.41) is 1.30. The Labute approximate surface area is 126 Å². The molecule has 3 rings (SSSR count). The van der Waals surface area contributed by atoms with Crippen LogP contribution in [0.1, 0.15) is 31.1 Å². The summed E-state index contributed by atoms with van der Waals surface area (Å²) in [5.74, 6) is 0. The number of nitrogens with zero attached hydrogens (tertiary/aromatic N) is 2. The van der Waals surface area contributed by atoms with E-state index in [1.807, 2.05) is 0 Å². The van der Waals surface area contributed by atoms with Crippen molar-refractivity contribution in [2.24, 2.45) is 5.73 Å². The van der Waals surface area contributed by atoms with Crippen LogP contribution in [0.4, 0.5) is 0 Å². The summed E-state index contributed by atoms with van der Waals surface area (Å²) in [6, 6.07) is 9.23. The molecule has 2 aromatic rings. The van der Waals surface area contributed by atoms with Crippen LogP contribution < -0.4 is 5.73 Å². The fourth-order valence-electron chi connectivity index (χ4n) is 3.27. The molecule has 0 saturated carbocycles. The van der Waals surface area contributed by atoms with Gasteiger partial charge in [-0.25, -0.2) is 0 Å². The zero-order valence-electron chi connectivity index (χ0n) is 13.0. The van der Waals surface area contributed by atoms with Crippen molar-refractivity contribution in [1.82, 2.24) is 9.47 Å². The number of benzene rings is 1. The monoisotopic (exact) mass is 287 g/mol. The smallest absolute Gasteiger partial charge is 0.0594 e. The van der Waals surface area contributed by atoms with Crippen molar-refractivity contribution >= 4 is 10.9 Å². The Bertz CT molecular complexity index is 612. The summed E-state index contributed by atoms with van der Waals surface area (Å²) < 4.78 is 7.89. The Hall–Kier alpha value is -1.36. The lowest BCUT2D eigenvalue weighted by atomic mass is 10.1. The predicted molar refractivity (Wildman–Crippen MR) is 86.3 cm³/mol. The quantitative estimate of drug-likeness (QED) is 0.939. The molecule has 4 heteroatoms. The maximum absolute atomic E-state index is 5.90. The number of hydrogen-bond donors (Lipinski definition) is 1. The number of morpholine rings is 1. The van der Waals surface area contributed by atoms with Crippen molar-refractivity contribution < 1.29 is 4.74 Å². The van der Waals surface area contributed by atoms with Gasteiger partial charge in [-0.3, -0.25) is 4.90 Å². The molecule has 114 valence electrons. The lowest BCUT2D eigenvalue weighted by Crippen LogP contribution is -2.36. The van der Waals surface area contributed by atoms with E-state index in [1.165, 1.54) is 22.2 Å². The van der Waals surface area contributed by atoms with Gasteiger partial charge in [-0.05, 0) is 31.5 Å². The van der Waals surface area contributed by atoms with Gasteiger partial charge < -0.3 is 15.0 Å². The number of hydrogen-bond acceptors (Lipinski definition) is 3. The largest absolute Gasteiger partial charge is 0.379 e. The van der Waals surface area contributed by atoms with E-state index in [0.717, 1.165) is 32.8 Å². The van der Waals surface area contributed by atoms with Gasteiger partial charge in [0.05, 0.1) is 13.2 Å². The average molecular weight is 287 g/mol. The summed E-state index contributed by atoms with van der Waals surface area (Å²) in [6.07, 6.45) is 0. The van der Waals surface area contributed by atoms with Gasteiger partial charge in [-0.15, -0.1) is 0 Å². The third kappa shape index (κ3) is 2.84. The Kier molecular flexibility index (Phi) is 4.29. The molecule has 1 aromatic carbocycles. The number of aromatic nitrogens is 1. The van der Waals surface area contributed by atoms with Crippen molar-refractivity contribution in [1.29, 1.82) is 0 Å². The van der Waals surface area contributed by atoms with Gasteiger partial charge in [0.1, 0.15) is 0 Å². The molecule has 1 aliphatic rings. The first kappa shape index (κ1) is 14.6. The van der Waals surface area contributed by atoms with Gasteiger partial charge in [0, 0.05) is 48.8 Å². The van der Waals surface area contributed by atoms with Crippen LogP contribution in [-0.2, 0) is 17.8 Å². The lowest BCUT2D eigenvalue weighted by Gasteiger charge is -2.27. The van der Waals surface area contributed by atoms with Crippen molar-refractivity contribution in [3.63, 3.8) is 0 Å². The Balaban J connectivity index is 2.01. The SMILES string of the molecule is CC(C)n1c(CN2CCOCC2)cc2c(CN)cccc21. The van der Waals surface area contributed by atoms with Crippen LogP contribution in [0.5, 0.6) is 0 Å². The highest BCUT2D eigenvalue weighted by Crippen LogP contribution is 2.27. The molecule has 0 atom stereocenters. The molecule has 1 aromatic heterocycles. The van der Waals surface area contributed by atoms with Gasteiger partial charge >= 0.3 is 0 Å². The molecule has 2 heterocycles. The van der Waals surface area contributed by atoms with E-state index in [4.69, 9.17) is 10.5 Å². The van der Waals surface area contributed by atoms with Gasteiger partial charge in [-0.1, -0.05) is 12.1 Å². The fourth-order valence-corrected chi connectivity index (χ4v) is 3.27. The molecular weight excluding hydrogens is 262 g/mol. The zero-order chi connectivity index (χ0) is 14.8. The highest BCUT2D eigenvalue weighted by atomic mass is 16.5. The topological polar surface area (TPSA) is 43.4 Å². The summed E-state index contributed by atoms with van der Waals surface area (Å²) in [7, 11) is 0. The summed E-state index contributed by atoms with van der Waals surface area (Å²) in [6.45, 7) is 9.80. The van der Waals surface area contributed by atoms with Crippen LogP contribution in [-0.4, -0.2) is 35.8 Å². The summed E-state index contributed by atoms with van der Waals surface area (Å²) >= 11 is 0. The van der Waals surface area contributed by atoms with E-state index in [0.29, 0.717) is 12.6 Å². The maximum Gasteiger partial charge on any atom is 0.0594 e. The van der Waals surface area contributed by atoms with Crippen molar-refractivity contribution in [3.05, 3.63) is 35.5 Å². The predicted octanol–water partition coefficient (Wildman–Crippen LogP) is 2.51. The average Bonchev–Trinajstić information content (AvgIpc) is 2.86. The third-order valence-corrected chi connectivity index (χ3v) is 4.28. The maximum atomic E-state index is 5.90. The first-order valence-electron chi connectivity index (χ1n) is 7.82. The molecule has 0 amide bonds. The van der Waals surface area contributed by atoms with Crippen LogP contribution in [0.15, 0.2) is 24.3 Å². The standard InChI is InChI=1S/C17H25N3O/c1-13(2)20-15(12-19-6-8-21-9-7-19)10-16-14(11-18)4-3-5-17(16)20/h3-5,10,13H,6-9,11-12,18H2,1-2H3. The van der Waals surface area contributed by atoms with Gasteiger partial charge in [0.15, 0.2) is 0 Å². The summed E-state index contributed by atoms with van der Waals surface area (Å²) in [5.41, 5.74) is 9.81. The minimum atomic E-state index is 0.451. The zero-order valence-corrected chi connectivity index (χ0v) is 13.0. The highest BCUT2D eigenvalue weighted by Gasteiger charge is 2.17. The van der Waals surface area contributed by atoms with E-state index in [9.17, 15) is 0 Å². The molecule has 1 saturated heterocycles. The molecule has 2 N–H and O–H groups in total. The van der Waals surface area contributed by atoms with E-state index < -0.39 is 0 Å². The second-order valence-electron chi connectivity index (χ2n) is 6.04. The number of nitrogens with two attached hydrogens (primary N) is 1. The molecule has 1 fully saturated rings. The van der Waals surface area contributed by atoms with Crippen molar-refractivity contribution in [2.75, 3.05) is 26.3 Å². The second kappa shape index (κ2) is 6.18. The molecule has 0 aliphatic carbocycles. The van der Waals surface area contributed by atoms with Crippen LogP contribution >= 0.6 is 0 Å². The minimum Gasteiger partial charge on any atom is -0.379 e.